The molecule has 11 heteroatoms. The maximum absolute atomic E-state index is 13.0. The highest BCUT2D eigenvalue weighted by Crippen LogP contribution is 2.46. The predicted octanol–water partition coefficient (Wildman–Crippen LogP) is 0.100. The van der Waals surface area contributed by atoms with Crippen LogP contribution in [-0.4, -0.2) is 73.9 Å². The third-order valence-corrected chi connectivity index (χ3v) is 5.66. The van der Waals surface area contributed by atoms with Gasteiger partial charge in [-0.2, -0.15) is 0 Å². The van der Waals surface area contributed by atoms with Crippen molar-refractivity contribution in [1.82, 2.24) is 0 Å². The van der Waals surface area contributed by atoms with E-state index >= 15 is 0 Å². The molecule has 11 nitrogen and oxygen atoms in total. The molecule has 0 spiro atoms. The van der Waals surface area contributed by atoms with Gasteiger partial charge in [-0.3, -0.25) is 4.79 Å². The molecule has 1 aromatic heterocycles. The van der Waals surface area contributed by atoms with Crippen LogP contribution in [0.2, 0.25) is 0 Å². The molecule has 0 bridgehead atoms. The van der Waals surface area contributed by atoms with Gasteiger partial charge >= 0.3 is 0 Å². The van der Waals surface area contributed by atoms with Crippen molar-refractivity contribution in [3.8, 4) is 34.3 Å². The van der Waals surface area contributed by atoms with E-state index in [2.05, 4.69) is 0 Å². The number of aromatic hydroxyl groups is 3. The Balaban J connectivity index is 1.94. The smallest absolute Gasteiger partial charge is 0.238 e. The quantitative estimate of drug-likeness (QED) is 0.278. The summed E-state index contributed by atoms with van der Waals surface area (Å²) < 4.78 is 16.4. The van der Waals surface area contributed by atoms with E-state index in [9.17, 15) is 40.5 Å². The molecular formula is C22H22O11. The zero-order valence-corrected chi connectivity index (χ0v) is 17.2. The summed E-state index contributed by atoms with van der Waals surface area (Å²) in [6.45, 7) is -0.697. The molecule has 33 heavy (non-hydrogen) atoms. The zero-order chi connectivity index (χ0) is 24.0. The topological polar surface area (TPSA) is 190 Å². The van der Waals surface area contributed by atoms with Crippen LogP contribution in [0.4, 0.5) is 0 Å². The van der Waals surface area contributed by atoms with E-state index in [0.29, 0.717) is 0 Å². The van der Waals surface area contributed by atoms with Crippen LogP contribution in [0.1, 0.15) is 11.7 Å². The number of benzene rings is 2. The number of methoxy groups -OCH3 is 1. The van der Waals surface area contributed by atoms with Crippen molar-refractivity contribution in [1.29, 1.82) is 0 Å². The number of phenolic OH excluding ortho intramolecular Hbond substituents is 2. The molecule has 1 aliphatic rings. The maximum Gasteiger partial charge on any atom is 0.238 e. The molecule has 5 atom stereocenters. The number of hydrogen-bond donors (Lipinski definition) is 7. The van der Waals surface area contributed by atoms with E-state index in [0.717, 1.165) is 0 Å². The molecule has 2 unspecified atom stereocenters. The molecule has 0 amide bonds. The molecule has 0 saturated carbocycles. The van der Waals surface area contributed by atoms with Crippen LogP contribution in [-0.2, 0) is 4.74 Å². The van der Waals surface area contributed by atoms with Gasteiger partial charge in [-0.05, 0) is 24.3 Å². The van der Waals surface area contributed by atoms with Crippen LogP contribution < -0.4 is 10.2 Å². The summed E-state index contributed by atoms with van der Waals surface area (Å²) in [5.74, 6) is -1.89. The monoisotopic (exact) mass is 462 g/mol. The SMILES string of the molecule is COc1cc2oc(-c3ccc(O)cc3)c(O)c(=O)c2c(O)c1[C@@H]1OC(CO)[C@@H](O)[C@H](O)C1O. The zero-order valence-electron chi connectivity index (χ0n) is 17.2. The second-order valence-corrected chi connectivity index (χ2v) is 7.62. The Hall–Kier alpha value is -3.35. The fraction of sp³-hybridized carbons (Fsp3) is 0.318. The molecule has 0 radical (unpaired) electrons. The van der Waals surface area contributed by atoms with Gasteiger partial charge in [0.15, 0.2) is 5.76 Å². The molecule has 176 valence electrons. The van der Waals surface area contributed by atoms with Gasteiger partial charge in [0.2, 0.25) is 11.2 Å². The van der Waals surface area contributed by atoms with Crippen molar-refractivity contribution in [3.63, 3.8) is 0 Å². The van der Waals surface area contributed by atoms with Gasteiger partial charge in [-0.15, -0.1) is 0 Å². The van der Waals surface area contributed by atoms with E-state index in [-0.39, 0.29) is 34.0 Å². The first kappa shape index (κ1) is 22.8. The number of ether oxygens (including phenoxy) is 2. The summed E-state index contributed by atoms with van der Waals surface area (Å²) in [5.41, 5.74) is -1.12. The van der Waals surface area contributed by atoms with E-state index < -0.39 is 59.4 Å². The summed E-state index contributed by atoms with van der Waals surface area (Å²) in [5, 5.41) is 70.5. The summed E-state index contributed by atoms with van der Waals surface area (Å²) in [7, 11) is 1.24. The van der Waals surface area contributed by atoms with Gasteiger partial charge in [-0.1, -0.05) is 0 Å². The van der Waals surface area contributed by atoms with Crippen LogP contribution in [0.5, 0.6) is 23.0 Å². The number of aliphatic hydroxyl groups excluding tert-OH is 4. The number of phenols is 2. The molecule has 1 fully saturated rings. The minimum absolute atomic E-state index is 0.0372. The molecule has 4 rings (SSSR count). The lowest BCUT2D eigenvalue weighted by Crippen LogP contribution is -2.55. The third kappa shape index (κ3) is 3.65. The van der Waals surface area contributed by atoms with Gasteiger partial charge in [0, 0.05) is 11.6 Å². The average Bonchev–Trinajstić information content (AvgIpc) is 2.81. The first-order valence-electron chi connectivity index (χ1n) is 9.89. The van der Waals surface area contributed by atoms with Crippen LogP contribution in [0.15, 0.2) is 39.5 Å². The van der Waals surface area contributed by atoms with Crippen LogP contribution in [0.3, 0.4) is 0 Å². The Morgan fingerprint density at radius 1 is 0.970 bits per heavy atom. The normalized spacial score (nSPS) is 25.3. The molecule has 1 saturated heterocycles. The fourth-order valence-corrected chi connectivity index (χ4v) is 3.91. The maximum atomic E-state index is 13.0. The summed E-state index contributed by atoms with van der Waals surface area (Å²) in [4.78, 5) is 13.0. The molecule has 0 aliphatic carbocycles. The number of hydrogen-bond acceptors (Lipinski definition) is 11. The van der Waals surface area contributed by atoms with Crippen molar-refractivity contribution in [2.24, 2.45) is 0 Å². The third-order valence-electron chi connectivity index (χ3n) is 5.66. The highest BCUT2D eigenvalue weighted by atomic mass is 16.5. The van der Waals surface area contributed by atoms with Crippen molar-refractivity contribution >= 4 is 11.0 Å². The van der Waals surface area contributed by atoms with Gasteiger partial charge in [0.25, 0.3) is 0 Å². The van der Waals surface area contributed by atoms with Crippen molar-refractivity contribution in [2.75, 3.05) is 13.7 Å². The van der Waals surface area contributed by atoms with Crippen LogP contribution in [0, 0.1) is 0 Å². The van der Waals surface area contributed by atoms with Gasteiger partial charge in [0.05, 0.1) is 19.3 Å². The lowest BCUT2D eigenvalue weighted by Gasteiger charge is -2.40. The standard InChI is InChI=1S/C22H22O11/c1-31-10-6-11-13(17(27)19(29)21(32-11)8-2-4-9(24)5-3-8)16(26)14(10)22-20(30)18(28)15(25)12(7-23)33-22/h2-6,12,15,18,20,22-26,28-30H,7H2,1H3/t12?,15-,18+,20?,22+/m1/s1. The number of fused-ring (bicyclic) bond motifs is 1. The molecule has 7 N–H and O–H groups in total. The molecule has 1 aliphatic heterocycles. The molecule has 2 heterocycles. The van der Waals surface area contributed by atoms with Crippen molar-refractivity contribution in [2.45, 2.75) is 30.5 Å². The fourth-order valence-electron chi connectivity index (χ4n) is 3.91. The van der Waals surface area contributed by atoms with E-state index in [1.165, 1.54) is 37.4 Å². The van der Waals surface area contributed by atoms with E-state index in [1.54, 1.807) is 0 Å². The highest BCUT2D eigenvalue weighted by Gasteiger charge is 2.46. The lowest BCUT2D eigenvalue weighted by molar-refractivity contribution is -0.232. The predicted molar refractivity (Wildman–Crippen MR) is 112 cm³/mol. The minimum atomic E-state index is -1.75. The Bertz CT molecular complexity index is 1230. The van der Waals surface area contributed by atoms with Gasteiger partial charge < -0.3 is 49.6 Å². The van der Waals surface area contributed by atoms with Crippen LogP contribution >= 0.6 is 0 Å². The van der Waals surface area contributed by atoms with Crippen molar-refractivity contribution in [3.05, 3.63) is 46.1 Å². The van der Waals surface area contributed by atoms with Crippen molar-refractivity contribution < 1.29 is 49.6 Å². The number of aliphatic hydroxyl groups is 4. The van der Waals surface area contributed by atoms with E-state index in [1.807, 2.05) is 0 Å². The highest BCUT2D eigenvalue weighted by molar-refractivity contribution is 5.90. The second-order valence-electron chi connectivity index (χ2n) is 7.62. The Morgan fingerprint density at radius 2 is 1.64 bits per heavy atom. The van der Waals surface area contributed by atoms with E-state index in [4.69, 9.17) is 13.9 Å². The van der Waals surface area contributed by atoms with Gasteiger partial charge in [0.1, 0.15) is 58.7 Å². The first-order chi connectivity index (χ1) is 15.7. The summed E-state index contributed by atoms with van der Waals surface area (Å²) in [6, 6.07) is 6.73. The Kier molecular flexibility index (Phi) is 5.91. The largest absolute Gasteiger partial charge is 0.508 e. The number of rotatable bonds is 4. The summed E-state index contributed by atoms with van der Waals surface area (Å²) in [6.07, 6.45) is -7.88. The second kappa shape index (κ2) is 8.54. The molecule has 2 aromatic carbocycles. The Morgan fingerprint density at radius 3 is 2.24 bits per heavy atom. The molecule has 3 aromatic rings. The first-order valence-corrected chi connectivity index (χ1v) is 9.89. The Labute approximate surface area is 185 Å². The minimum Gasteiger partial charge on any atom is -0.508 e. The summed E-state index contributed by atoms with van der Waals surface area (Å²) >= 11 is 0. The van der Waals surface area contributed by atoms with Gasteiger partial charge in [-0.25, -0.2) is 0 Å². The lowest BCUT2D eigenvalue weighted by atomic mass is 9.89. The average molecular weight is 462 g/mol. The molecular weight excluding hydrogens is 440 g/mol. The van der Waals surface area contributed by atoms with Crippen LogP contribution in [0.25, 0.3) is 22.3 Å².